The summed E-state index contributed by atoms with van der Waals surface area (Å²) < 4.78 is 35.3. The highest BCUT2D eigenvalue weighted by atomic mass is 79.9. The number of rotatable bonds is 17. The smallest absolute Gasteiger partial charge is 0.373 e. The molecule has 1 atom stereocenters. The van der Waals surface area contributed by atoms with Crippen molar-refractivity contribution in [1.29, 1.82) is 5.41 Å². The minimum atomic E-state index is 0. The van der Waals surface area contributed by atoms with Crippen molar-refractivity contribution < 1.29 is 57.4 Å². The van der Waals surface area contributed by atoms with E-state index < -0.39 is 0 Å². The fourth-order valence-electron chi connectivity index (χ4n) is 10.8. The number of aromatic nitrogens is 12. The third kappa shape index (κ3) is 23.2. The van der Waals surface area contributed by atoms with Crippen LogP contribution in [0, 0.1) is 12.3 Å². The molecule has 1 aliphatic heterocycles. The molecule has 5 N–H and O–H groups in total. The summed E-state index contributed by atoms with van der Waals surface area (Å²) in [4.78, 5) is 92.8. The van der Waals surface area contributed by atoms with Crippen LogP contribution in [0.2, 0.25) is 0 Å². The fraction of sp³-hybridized carbons (Fsp3) is 0.205. The van der Waals surface area contributed by atoms with Crippen LogP contribution >= 0.6 is 15.9 Å². The normalized spacial score (nSPS) is 11.2. The number of halogens is 1. The van der Waals surface area contributed by atoms with Crippen molar-refractivity contribution in [2.24, 2.45) is 0 Å². The first-order valence-electron chi connectivity index (χ1n) is 32.8. The maximum absolute atomic E-state index is 8.35. The molecule has 13 heterocycles. The lowest BCUT2D eigenvalue weighted by atomic mass is 10.1. The summed E-state index contributed by atoms with van der Waals surface area (Å²) in [5.74, 6) is 6.46. The predicted molar refractivity (Wildman–Crippen MR) is 407 cm³/mol. The lowest BCUT2D eigenvalue weighted by Gasteiger charge is -2.11. The highest BCUT2D eigenvalue weighted by molar-refractivity contribution is 9.10. The molecule has 0 spiro atoms. The van der Waals surface area contributed by atoms with Gasteiger partial charge in [0.1, 0.15) is 48.4 Å². The zero-order valence-corrected chi connectivity index (χ0v) is 59.5. The molecule has 0 bridgehead atoms. The van der Waals surface area contributed by atoms with E-state index in [0.29, 0.717) is 32.3 Å². The molecule has 3 aromatic carbocycles. The Bertz CT molecular complexity index is 5180. The predicted octanol–water partition coefficient (Wildman–Crippen LogP) is 15.8. The molecule has 108 heavy (non-hydrogen) atoms. The van der Waals surface area contributed by atoms with Crippen molar-refractivity contribution in [1.82, 2.24) is 57.5 Å². The van der Waals surface area contributed by atoms with Gasteiger partial charge in [-0.2, -0.15) is 28.8 Å². The van der Waals surface area contributed by atoms with Crippen molar-refractivity contribution in [2.75, 3.05) is 27.9 Å². The van der Waals surface area contributed by atoms with Crippen molar-refractivity contribution in [2.45, 2.75) is 101 Å². The van der Waals surface area contributed by atoms with E-state index in [1.54, 1.807) is 50.2 Å². The Morgan fingerprint density at radius 3 is 1.19 bits per heavy atom. The number of hydrogen-bond donors (Lipinski definition) is 5. The van der Waals surface area contributed by atoms with Gasteiger partial charge >= 0.3 is 18.5 Å². The third-order valence-corrected chi connectivity index (χ3v) is 16.1. The van der Waals surface area contributed by atoms with Gasteiger partial charge in [-0.3, -0.25) is 17.6 Å². The SMILES string of the molecule is C.C.CC1CCCO1.CCc1ncn2c(NCc3ccco3)ncc(-c3ccccc3)c12.CCc1ncn2c(NCc3ccco3)ncc(Br)c12.Cc1ncn2c(NCc3ccco3)ncc(-c3ccccc3)c12.N=C=O.O=C=O.O=C=O.O=C=O.[HH].c1ccc(-c2cnc(NCc3ccco3)n3cncc23)cc1. The van der Waals surface area contributed by atoms with Crippen LogP contribution in [0.1, 0.15) is 90.0 Å². The monoisotopic (exact) mass is 1530 g/mol. The number of isocyanates is 1. The largest absolute Gasteiger partial charge is 0.467 e. The highest BCUT2D eigenvalue weighted by Gasteiger charge is 2.17. The van der Waals surface area contributed by atoms with Crippen LogP contribution in [0.5, 0.6) is 0 Å². The van der Waals surface area contributed by atoms with Gasteiger partial charge < -0.3 is 43.7 Å². The Morgan fingerprint density at radius 1 is 0.463 bits per heavy atom. The number of fused-ring (bicyclic) bond motifs is 4. The lowest BCUT2D eigenvalue weighted by molar-refractivity contribution is -0.193. The number of hydrogen-bond acceptors (Lipinski definition) is 25. The zero-order chi connectivity index (χ0) is 75.3. The Hall–Kier alpha value is -13.6. The van der Waals surface area contributed by atoms with Gasteiger partial charge in [-0.1, -0.05) is 120 Å². The average Bonchev–Trinajstić information content (AvgIpc) is 1.69. The number of anilines is 4. The first-order valence-corrected chi connectivity index (χ1v) is 33.6. The second kappa shape index (κ2) is 44.8. The van der Waals surface area contributed by atoms with Crippen LogP contribution in [0.4, 0.5) is 23.8 Å². The summed E-state index contributed by atoms with van der Waals surface area (Å²) in [7, 11) is 0. The van der Waals surface area contributed by atoms with Crippen molar-refractivity contribution in [3.05, 3.63) is 265 Å². The van der Waals surface area contributed by atoms with E-state index in [1.165, 1.54) is 12.8 Å². The molecule has 0 amide bonds. The number of carbonyl (C=O) groups excluding carboxylic acids is 7. The topological polar surface area (TPSA) is 374 Å². The van der Waals surface area contributed by atoms with Gasteiger partial charge in [-0.25, -0.2) is 50.1 Å². The number of nitrogens with one attached hydrogen (secondary N) is 5. The minimum absolute atomic E-state index is 0. The van der Waals surface area contributed by atoms with Crippen LogP contribution < -0.4 is 21.3 Å². The van der Waals surface area contributed by atoms with Crippen LogP contribution in [0.3, 0.4) is 0 Å². The Balaban J connectivity index is 0.000000240. The van der Waals surface area contributed by atoms with Gasteiger partial charge in [0, 0.05) is 49.5 Å². The summed E-state index contributed by atoms with van der Waals surface area (Å²) in [5.41, 5.74) is 13.9. The maximum atomic E-state index is 8.35. The molecule has 558 valence electrons. The summed E-state index contributed by atoms with van der Waals surface area (Å²) in [5, 5.41) is 18.6. The zero-order valence-electron chi connectivity index (χ0n) is 57.9. The molecule has 0 radical (unpaired) electrons. The molecule has 12 aromatic heterocycles. The Labute approximate surface area is 630 Å². The van der Waals surface area contributed by atoms with E-state index in [2.05, 4.69) is 134 Å². The van der Waals surface area contributed by atoms with Gasteiger partial charge in [0.25, 0.3) is 0 Å². The number of nitrogens with zero attached hydrogens (tertiary/aromatic N) is 12. The van der Waals surface area contributed by atoms with E-state index in [-0.39, 0.29) is 34.7 Å². The van der Waals surface area contributed by atoms with Crippen molar-refractivity contribution >= 4 is 86.3 Å². The Kier molecular flexibility index (Phi) is 34.6. The molecule has 1 saturated heterocycles. The summed E-state index contributed by atoms with van der Waals surface area (Å²) in [6, 6.07) is 45.9. The summed E-state index contributed by atoms with van der Waals surface area (Å²) in [6.45, 7) is 11.7. The number of furan rings is 4. The van der Waals surface area contributed by atoms with Crippen LogP contribution in [0.25, 0.3) is 55.4 Å². The molecule has 1 unspecified atom stereocenters. The third-order valence-electron chi connectivity index (χ3n) is 15.5. The van der Waals surface area contributed by atoms with E-state index in [9.17, 15) is 0 Å². The van der Waals surface area contributed by atoms with E-state index in [1.807, 2.05) is 159 Å². The second-order valence-corrected chi connectivity index (χ2v) is 23.0. The second-order valence-electron chi connectivity index (χ2n) is 22.1. The molecule has 1 fully saturated rings. The average molecular weight is 1530 g/mol. The van der Waals surface area contributed by atoms with Gasteiger partial charge in [0.05, 0.1) is 107 Å². The van der Waals surface area contributed by atoms with Crippen molar-refractivity contribution in [3.63, 3.8) is 0 Å². The highest BCUT2D eigenvalue weighted by Crippen LogP contribution is 2.31. The fourth-order valence-corrected chi connectivity index (χ4v) is 11.3. The van der Waals surface area contributed by atoms with E-state index >= 15 is 0 Å². The standard InChI is InChI=1S/C19H18N4O.C18H16N4O.C17H14N4O.C13H13BrN4O.C5H10O.CHNO.3CO2.2CH4.H2/c1-2-17-18-16(14-7-4-3-5-8-14)12-21-19(23(18)13-22-17)20-11-15-9-6-10-24-15;1-13-17-16(14-6-3-2-4-7-14)11-20-18(22(17)12-21-13)19-10-15-8-5-9-23-15;1-2-5-13(6-3-1)15-10-20-17(21-12-18-11-16(15)21)19-9-14-7-4-8-22-14;1-2-11-12-10(14)7-16-13(18(12)8-17-11)15-6-9-4-3-5-19-9;1-5-3-2-4-6-5;4*2-1-3;;;/h3-10,12-13H,2,11H2,1H3,(H,20,21);2-9,11-12H,10H2,1H3,(H,19,20);1-8,10-12H,9H2,(H,19,20);3-5,7-8H,2,6H2,1H3,(H,15,16);5H,2-4H2,1H3;2H;;;;2*1H4;1H. The maximum Gasteiger partial charge on any atom is 0.373 e. The summed E-state index contributed by atoms with van der Waals surface area (Å²) >= 11 is 3.52. The minimum Gasteiger partial charge on any atom is -0.467 e. The van der Waals surface area contributed by atoms with Gasteiger partial charge in [-0.15, -0.1) is 0 Å². The number of ether oxygens (including phenoxy) is 1. The molecule has 1 aliphatic rings. The van der Waals surface area contributed by atoms with Crippen molar-refractivity contribution in [3.8, 4) is 33.4 Å². The molecule has 0 aliphatic carbocycles. The van der Waals surface area contributed by atoms with Crippen LogP contribution in [0.15, 0.2) is 243 Å². The quantitative estimate of drug-likeness (QED) is 0.0417. The van der Waals surface area contributed by atoms with Crippen LogP contribution in [-0.4, -0.2) is 94.7 Å². The number of benzene rings is 3. The number of aryl methyl sites for hydroxylation is 3. The van der Waals surface area contributed by atoms with Gasteiger partial charge in [-0.05, 0) is 121 Å². The first-order chi connectivity index (χ1) is 51.9. The summed E-state index contributed by atoms with van der Waals surface area (Å²) in [6.07, 6.45) is 29.5. The molecule has 16 rings (SSSR count). The molecular formula is C78H82BrN17O12. The molecule has 30 heteroatoms. The van der Waals surface area contributed by atoms with Gasteiger partial charge in [0.2, 0.25) is 29.9 Å². The molecule has 0 saturated carbocycles. The van der Waals surface area contributed by atoms with E-state index in [4.69, 9.17) is 61.4 Å². The van der Waals surface area contributed by atoms with E-state index in [0.717, 1.165) is 149 Å². The van der Waals surface area contributed by atoms with Gasteiger partial charge in [0.15, 0.2) is 0 Å². The molecule has 29 nitrogen and oxygen atoms in total. The van der Waals surface area contributed by atoms with Crippen LogP contribution in [-0.2, 0) is 77.3 Å². The Morgan fingerprint density at radius 2 is 0.815 bits per heavy atom. The first kappa shape index (κ1) is 83.4. The molecule has 15 aromatic rings. The molecular weight excluding hydrogens is 1450 g/mol. The number of imidazole rings is 4. The lowest BCUT2D eigenvalue weighted by Crippen LogP contribution is -2.06.